The molecule has 6 rings (SSSR count). The molecule has 4 aromatic rings. The number of nitrogens with one attached hydrogen (secondary N) is 2. The molecular formula is C24H30F2N10O9P2S. The summed E-state index contributed by atoms with van der Waals surface area (Å²) in [4.78, 5) is 44.0. The molecule has 6 heterocycles. The number of imidazole rings is 2. The van der Waals surface area contributed by atoms with Gasteiger partial charge in [0.1, 0.15) is 37.1 Å². The van der Waals surface area contributed by atoms with Gasteiger partial charge < -0.3 is 49.2 Å². The van der Waals surface area contributed by atoms with Crippen LogP contribution in [0.1, 0.15) is 12.5 Å². The zero-order chi connectivity index (χ0) is 33.9. The van der Waals surface area contributed by atoms with Crippen LogP contribution in [0.2, 0.25) is 0 Å². The summed E-state index contributed by atoms with van der Waals surface area (Å²) >= 11 is 4.68. The molecule has 260 valence electrons. The Morgan fingerprint density at radius 3 is 1.69 bits per heavy atom. The van der Waals surface area contributed by atoms with Crippen molar-refractivity contribution in [2.24, 2.45) is 0 Å². The predicted octanol–water partition coefficient (Wildman–Crippen LogP) is 0.153. The third-order valence-electron chi connectivity index (χ3n) is 7.57. The molecule has 2 saturated heterocycles. The van der Waals surface area contributed by atoms with Gasteiger partial charge in [0, 0.05) is 13.1 Å². The van der Waals surface area contributed by atoms with Crippen molar-refractivity contribution >= 4 is 61.2 Å². The fraction of sp³-hybridized carbons (Fsp3) is 0.500. The molecule has 24 heteroatoms. The zero-order valence-electron chi connectivity index (χ0n) is 24.5. The monoisotopic (exact) mass is 734 g/mol. The van der Waals surface area contributed by atoms with Gasteiger partial charge in [-0.05, 0) is 11.8 Å². The molecule has 0 aromatic carbocycles. The fourth-order valence-corrected chi connectivity index (χ4v) is 6.82. The highest BCUT2D eigenvalue weighted by Crippen LogP contribution is 2.40. The van der Waals surface area contributed by atoms with Crippen LogP contribution in [-0.2, 0) is 34.9 Å². The summed E-state index contributed by atoms with van der Waals surface area (Å²) in [6, 6.07) is 0. The summed E-state index contributed by atoms with van der Waals surface area (Å²) in [6.07, 6.45) is -2.35. The number of hydrogen-bond acceptors (Lipinski definition) is 16. The quantitative estimate of drug-likeness (QED) is 0.0746. The third kappa shape index (κ3) is 6.96. The van der Waals surface area contributed by atoms with E-state index in [2.05, 4.69) is 52.3 Å². The van der Waals surface area contributed by atoms with E-state index < -0.39 is 77.8 Å². The van der Waals surface area contributed by atoms with Crippen LogP contribution in [0.4, 0.5) is 20.4 Å². The Morgan fingerprint density at radius 2 is 1.27 bits per heavy atom. The van der Waals surface area contributed by atoms with Gasteiger partial charge in [0.15, 0.2) is 65.9 Å². The first-order chi connectivity index (χ1) is 23.2. The van der Waals surface area contributed by atoms with Gasteiger partial charge in [-0.25, -0.2) is 38.7 Å². The summed E-state index contributed by atoms with van der Waals surface area (Å²) in [5.41, 5.74) is 1.15. The first kappa shape index (κ1) is 34.7. The van der Waals surface area contributed by atoms with E-state index in [9.17, 15) is 19.7 Å². The van der Waals surface area contributed by atoms with E-state index in [1.165, 1.54) is 34.4 Å². The Labute approximate surface area is 275 Å². The van der Waals surface area contributed by atoms with Crippen molar-refractivity contribution in [2.45, 2.75) is 49.2 Å². The van der Waals surface area contributed by atoms with E-state index >= 15 is 8.78 Å². The first-order valence-corrected chi connectivity index (χ1v) is 18.0. The second-order valence-electron chi connectivity index (χ2n) is 10.4. The van der Waals surface area contributed by atoms with E-state index in [1.54, 1.807) is 12.2 Å². The zero-order valence-corrected chi connectivity index (χ0v) is 27.3. The lowest BCUT2D eigenvalue weighted by Crippen LogP contribution is -2.32. The number of aliphatic hydroxyl groups excluding tert-OH is 2. The standard InChI is InChI=1S/C24H30F2N10O9P2S/c25-13-17(44-46(39)40)11(5-37)42-23(13)35-9-33-15-19(29-7-31-21(15)35)27-3-1-2-4-28-20-16-22(32-8-30-20)36(10-34-16)24-14(26)18(45-47(41)48)12(6-38)43-24/h1-2,7-14,17-18,23-24,37-38,46-47H,3-6H2,(H,39,40)(H,41,48)(H,27,29,31)(H,28,30,32)/b2-1+/t11?,12-,13-,14-,17-,18-,23-,24-/m1/s1. The molecule has 2 aliphatic rings. The molecule has 0 amide bonds. The van der Waals surface area contributed by atoms with E-state index in [4.69, 9.17) is 23.4 Å². The number of rotatable bonds is 14. The second kappa shape index (κ2) is 15.2. The Kier molecular flexibility index (Phi) is 11.0. The van der Waals surface area contributed by atoms with Gasteiger partial charge in [-0.2, -0.15) is 0 Å². The topological polar surface area (TPSA) is 246 Å². The molecule has 0 saturated carbocycles. The number of alkyl halides is 2. The van der Waals surface area contributed by atoms with Gasteiger partial charge in [-0.3, -0.25) is 13.7 Å². The van der Waals surface area contributed by atoms with Crippen molar-refractivity contribution in [3.8, 4) is 0 Å². The van der Waals surface area contributed by atoms with Gasteiger partial charge in [-0.1, -0.05) is 12.2 Å². The van der Waals surface area contributed by atoms with Crippen LogP contribution in [0.15, 0.2) is 37.5 Å². The van der Waals surface area contributed by atoms with Gasteiger partial charge in [0.05, 0.1) is 25.9 Å². The predicted molar refractivity (Wildman–Crippen MR) is 167 cm³/mol. The Morgan fingerprint density at radius 1 is 0.812 bits per heavy atom. The van der Waals surface area contributed by atoms with Crippen molar-refractivity contribution < 1.29 is 51.9 Å². The highest BCUT2D eigenvalue weighted by molar-refractivity contribution is 8.00. The largest absolute Gasteiger partial charge is 0.394 e. The van der Waals surface area contributed by atoms with Crippen molar-refractivity contribution in [2.75, 3.05) is 36.9 Å². The van der Waals surface area contributed by atoms with Crippen molar-refractivity contribution in [1.82, 2.24) is 39.0 Å². The lowest BCUT2D eigenvalue weighted by atomic mass is 10.1. The maximum Gasteiger partial charge on any atom is 0.317 e. The molecule has 48 heavy (non-hydrogen) atoms. The molecule has 2 fully saturated rings. The normalized spacial score (nSPS) is 28.9. The van der Waals surface area contributed by atoms with E-state index in [0.717, 1.165) is 0 Å². The Hall–Kier alpha value is -3.14. The van der Waals surface area contributed by atoms with E-state index in [1.807, 2.05) is 0 Å². The third-order valence-corrected chi connectivity index (χ3v) is 8.81. The average Bonchev–Trinajstić information content (AvgIpc) is 3.83. The molecule has 19 nitrogen and oxygen atoms in total. The van der Waals surface area contributed by atoms with Crippen LogP contribution in [0, 0.1) is 0 Å². The number of ether oxygens (including phenoxy) is 2. The Balaban J connectivity index is 1.07. The molecule has 3 unspecified atom stereocenters. The number of aromatic nitrogens is 8. The summed E-state index contributed by atoms with van der Waals surface area (Å²) in [6.45, 7) is -0.546. The maximum atomic E-state index is 15.3. The fourth-order valence-electron chi connectivity index (χ4n) is 5.46. The first-order valence-electron chi connectivity index (χ1n) is 14.3. The van der Waals surface area contributed by atoms with Crippen LogP contribution in [0.5, 0.6) is 0 Å². The average molecular weight is 735 g/mol. The molecule has 0 aliphatic carbocycles. The van der Waals surface area contributed by atoms with Crippen LogP contribution >= 0.6 is 15.4 Å². The smallest absolute Gasteiger partial charge is 0.317 e. The summed E-state index contributed by atoms with van der Waals surface area (Å²) < 4.78 is 65.3. The van der Waals surface area contributed by atoms with E-state index in [-0.39, 0.29) is 11.3 Å². The molecule has 10 atom stereocenters. The van der Waals surface area contributed by atoms with Crippen molar-refractivity contribution in [3.63, 3.8) is 0 Å². The van der Waals surface area contributed by atoms with Crippen LogP contribution in [0.3, 0.4) is 0 Å². The van der Waals surface area contributed by atoms with Gasteiger partial charge in [0.25, 0.3) is 0 Å². The van der Waals surface area contributed by atoms with Crippen molar-refractivity contribution in [3.05, 3.63) is 37.5 Å². The van der Waals surface area contributed by atoms with Crippen molar-refractivity contribution in [1.29, 1.82) is 0 Å². The highest BCUT2D eigenvalue weighted by Gasteiger charge is 2.49. The van der Waals surface area contributed by atoms with Crippen LogP contribution < -0.4 is 10.6 Å². The molecule has 4 aromatic heterocycles. The molecule has 2 aliphatic heterocycles. The lowest BCUT2D eigenvalue weighted by Gasteiger charge is -2.17. The Bertz CT molecular complexity index is 1700. The number of halogens is 2. The van der Waals surface area contributed by atoms with Crippen LogP contribution in [0.25, 0.3) is 22.3 Å². The number of aliphatic hydroxyl groups is 2. The van der Waals surface area contributed by atoms with Crippen LogP contribution in [-0.4, -0.2) is 122 Å². The molecule has 0 radical (unpaired) electrons. The minimum absolute atomic E-state index is 0.225. The summed E-state index contributed by atoms with van der Waals surface area (Å²) in [7, 11) is -6.14. The molecule has 0 bridgehead atoms. The second-order valence-corrected chi connectivity index (χ2v) is 13.0. The number of anilines is 2. The highest BCUT2D eigenvalue weighted by atomic mass is 32.4. The number of fused-ring (bicyclic) bond motifs is 2. The van der Waals surface area contributed by atoms with Gasteiger partial charge >= 0.3 is 8.25 Å². The van der Waals surface area contributed by atoms with Gasteiger partial charge in [-0.15, -0.1) is 0 Å². The summed E-state index contributed by atoms with van der Waals surface area (Å²) in [5.74, 6) is 0.716. The minimum Gasteiger partial charge on any atom is -0.394 e. The molecular weight excluding hydrogens is 704 g/mol. The maximum absolute atomic E-state index is 15.3. The molecule has 6 N–H and O–H groups in total. The number of nitrogens with zero attached hydrogens (tertiary/aromatic N) is 8. The summed E-state index contributed by atoms with van der Waals surface area (Å²) in [5, 5.41) is 25.4. The lowest BCUT2D eigenvalue weighted by molar-refractivity contribution is -0.0436. The molecule has 0 spiro atoms. The SMILES string of the molecule is O=[PH](O)O[C@@H]1C(CO)O[C@@H](n2cnc3c(NC/C=C/CNc4ncnc5c4ncn5[C@@H]4O[C@H](CO)[C@@H](O[PH](O)=S)[C@H]4F)ncnc32)[C@@H]1F. The van der Waals surface area contributed by atoms with E-state index in [0.29, 0.717) is 35.8 Å². The minimum atomic E-state index is -3.49. The number of hydrogen-bond donors (Lipinski definition) is 6. The van der Waals surface area contributed by atoms with Gasteiger partial charge in [0.2, 0.25) is 0 Å².